The number of benzene rings is 1. The summed E-state index contributed by atoms with van der Waals surface area (Å²) in [6.45, 7) is 4.19. The minimum absolute atomic E-state index is 0.0856. The van der Waals surface area contributed by atoms with Crippen molar-refractivity contribution >= 4 is 17.3 Å². The topological polar surface area (TPSA) is 50.8 Å². The molecule has 8 heteroatoms. The molecule has 1 fully saturated rings. The molecular formula is C16H21F3N2O3. The molecule has 1 aliphatic rings. The lowest BCUT2D eigenvalue weighted by Crippen LogP contribution is -2.46. The first kappa shape index (κ1) is 18.5. The molecule has 0 radical (unpaired) electrons. The van der Waals surface area contributed by atoms with Crippen molar-refractivity contribution in [1.29, 1.82) is 0 Å². The quantitative estimate of drug-likeness (QED) is 0.911. The number of methoxy groups -OCH3 is 1. The van der Waals surface area contributed by atoms with Crippen molar-refractivity contribution in [3.8, 4) is 0 Å². The summed E-state index contributed by atoms with van der Waals surface area (Å²) in [5.41, 5.74) is -0.601. The monoisotopic (exact) mass is 346 g/mol. The van der Waals surface area contributed by atoms with Crippen LogP contribution >= 0.6 is 0 Å². The predicted molar refractivity (Wildman–Crippen MR) is 84.2 cm³/mol. The highest BCUT2D eigenvalue weighted by Gasteiger charge is 2.36. The minimum Gasteiger partial charge on any atom is -0.375 e. The summed E-state index contributed by atoms with van der Waals surface area (Å²) in [5.74, 6) is -0.507. The van der Waals surface area contributed by atoms with Gasteiger partial charge < -0.3 is 19.7 Å². The van der Waals surface area contributed by atoms with Crippen LogP contribution < -0.4 is 10.2 Å². The summed E-state index contributed by atoms with van der Waals surface area (Å²) >= 11 is 0. The van der Waals surface area contributed by atoms with Gasteiger partial charge in [-0.05, 0) is 32.0 Å². The number of carbonyl (C=O) groups is 1. The van der Waals surface area contributed by atoms with Gasteiger partial charge in [0, 0.05) is 31.6 Å². The maximum Gasteiger partial charge on any atom is 0.418 e. The molecule has 1 aromatic carbocycles. The Labute approximate surface area is 138 Å². The highest BCUT2D eigenvalue weighted by atomic mass is 19.4. The third-order valence-electron chi connectivity index (χ3n) is 3.62. The van der Waals surface area contributed by atoms with Gasteiger partial charge in [-0.1, -0.05) is 0 Å². The van der Waals surface area contributed by atoms with Crippen molar-refractivity contribution in [2.45, 2.75) is 32.2 Å². The Kier molecular flexibility index (Phi) is 5.71. The summed E-state index contributed by atoms with van der Waals surface area (Å²) in [6, 6.07) is 3.80. The van der Waals surface area contributed by atoms with Crippen molar-refractivity contribution < 1.29 is 27.4 Å². The fourth-order valence-electron chi connectivity index (χ4n) is 2.82. The summed E-state index contributed by atoms with van der Waals surface area (Å²) in [4.78, 5) is 13.2. The summed E-state index contributed by atoms with van der Waals surface area (Å²) < 4.78 is 50.6. The van der Waals surface area contributed by atoms with E-state index in [9.17, 15) is 18.0 Å². The lowest BCUT2D eigenvalue weighted by atomic mass is 10.1. The summed E-state index contributed by atoms with van der Waals surface area (Å²) in [7, 11) is 1.34. The van der Waals surface area contributed by atoms with E-state index in [1.54, 1.807) is 4.90 Å². The molecule has 1 aliphatic heterocycles. The Morgan fingerprint density at radius 1 is 1.33 bits per heavy atom. The van der Waals surface area contributed by atoms with Gasteiger partial charge in [0.1, 0.15) is 6.61 Å². The van der Waals surface area contributed by atoms with Gasteiger partial charge in [-0.15, -0.1) is 0 Å². The zero-order valence-corrected chi connectivity index (χ0v) is 13.8. The largest absolute Gasteiger partial charge is 0.418 e. The fourth-order valence-corrected chi connectivity index (χ4v) is 2.82. The van der Waals surface area contributed by atoms with Gasteiger partial charge in [-0.25, -0.2) is 0 Å². The van der Waals surface area contributed by atoms with E-state index in [1.165, 1.54) is 19.2 Å². The first-order chi connectivity index (χ1) is 11.2. The number of rotatable bonds is 4. The van der Waals surface area contributed by atoms with Crippen LogP contribution in [0.5, 0.6) is 0 Å². The van der Waals surface area contributed by atoms with E-state index in [2.05, 4.69) is 10.1 Å². The van der Waals surface area contributed by atoms with Gasteiger partial charge >= 0.3 is 6.18 Å². The van der Waals surface area contributed by atoms with E-state index < -0.39 is 17.6 Å². The number of nitrogens with one attached hydrogen (secondary N) is 1. The number of anilines is 2. The minimum atomic E-state index is -4.53. The molecule has 1 heterocycles. The molecule has 1 aromatic rings. The Bertz CT molecular complexity index is 582. The molecule has 0 aliphatic carbocycles. The van der Waals surface area contributed by atoms with E-state index in [4.69, 9.17) is 4.74 Å². The molecule has 0 aromatic heterocycles. The Morgan fingerprint density at radius 2 is 1.96 bits per heavy atom. The van der Waals surface area contributed by atoms with Crippen LogP contribution in [0.25, 0.3) is 0 Å². The van der Waals surface area contributed by atoms with Crippen molar-refractivity contribution in [1.82, 2.24) is 0 Å². The second-order valence-electron chi connectivity index (χ2n) is 5.87. The van der Waals surface area contributed by atoms with Gasteiger partial charge in [0.05, 0.1) is 17.8 Å². The van der Waals surface area contributed by atoms with Crippen LogP contribution in [0, 0.1) is 0 Å². The number of ether oxygens (including phenoxy) is 2. The molecule has 0 bridgehead atoms. The van der Waals surface area contributed by atoms with Gasteiger partial charge in [0.2, 0.25) is 5.91 Å². The number of hydrogen-bond donors (Lipinski definition) is 1. The molecule has 2 rings (SSSR count). The Balaban J connectivity index is 2.32. The van der Waals surface area contributed by atoms with E-state index in [-0.39, 0.29) is 30.2 Å². The van der Waals surface area contributed by atoms with E-state index in [0.29, 0.717) is 13.1 Å². The average molecular weight is 346 g/mol. The first-order valence-corrected chi connectivity index (χ1v) is 7.61. The third kappa shape index (κ3) is 4.61. The number of amides is 1. The molecule has 2 atom stereocenters. The number of carbonyl (C=O) groups excluding carboxylic acids is 1. The number of alkyl halides is 3. The van der Waals surface area contributed by atoms with Crippen LogP contribution in [0.4, 0.5) is 24.5 Å². The van der Waals surface area contributed by atoms with E-state index >= 15 is 0 Å². The molecule has 134 valence electrons. The van der Waals surface area contributed by atoms with E-state index in [1.807, 2.05) is 13.8 Å². The van der Waals surface area contributed by atoms with Crippen LogP contribution in [-0.4, -0.2) is 44.9 Å². The van der Waals surface area contributed by atoms with Gasteiger partial charge in [-0.3, -0.25) is 4.79 Å². The van der Waals surface area contributed by atoms with Crippen molar-refractivity contribution in [2.75, 3.05) is 37.0 Å². The molecule has 0 unspecified atom stereocenters. The molecular weight excluding hydrogens is 325 g/mol. The lowest BCUT2D eigenvalue weighted by Gasteiger charge is -2.38. The van der Waals surface area contributed by atoms with Crippen LogP contribution in [0.1, 0.15) is 19.4 Å². The fraction of sp³-hybridized carbons (Fsp3) is 0.562. The molecule has 0 saturated carbocycles. The maximum absolute atomic E-state index is 13.5. The molecule has 1 N–H and O–H groups in total. The number of morpholine rings is 1. The highest BCUT2D eigenvalue weighted by molar-refractivity contribution is 5.92. The zero-order chi connectivity index (χ0) is 17.9. The van der Waals surface area contributed by atoms with Crippen LogP contribution in [0.15, 0.2) is 18.2 Å². The van der Waals surface area contributed by atoms with Crippen molar-refractivity contribution in [3.05, 3.63) is 23.8 Å². The van der Waals surface area contributed by atoms with Crippen molar-refractivity contribution in [2.24, 2.45) is 0 Å². The second kappa shape index (κ2) is 7.40. The summed E-state index contributed by atoms with van der Waals surface area (Å²) in [5, 5.41) is 2.40. The molecule has 0 spiro atoms. The normalized spacial score (nSPS) is 21.7. The van der Waals surface area contributed by atoms with Gasteiger partial charge in [0.15, 0.2) is 0 Å². The van der Waals surface area contributed by atoms with Crippen LogP contribution in [0.3, 0.4) is 0 Å². The van der Waals surface area contributed by atoms with Gasteiger partial charge in [0.25, 0.3) is 0 Å². The molecule has 1 amide bonds. The maximum atomic E-state index is 13.5. The first-order valence-electron chi connectivity index (χ1n) is 7.61. The van der Waals surface area contributed by atoms with Crippen LogP contribution in [0.2, 0.25) is 0 Å². The Hall–Kier alpha value is -1.80. The molecule has 5 nitrogen and oxygen atoms in total. The second-order valence-corrected chi connectivity index (χ2v) is 5.87. The predicted octanol–water partition coefficient (Wildman–Crippen LogP) is 2.90. The average Bonchev–Trinajstić information content (AvgIpc) is 2.45. The Morgan fingerprint density at radius 3 is 2.50 bits per heavy atom. The molecule has 24 heavy (non-hydrogen) atoms. The van der Waals surface area contributed by atoms with E-state index in [0.717, 1.165) is 6.07 Å². The standard InChI is InChI=1S/C16H21F3N2O3/c1-10-7-21(8-11(2)24-10)14-5-4-12(20-15(22)9-23-3)6-13(14)16(17,18)19/h4-6,10-11H,7-9H2,1-3H3,(H,20,22)/t10-,11-/m1/s1. The SMILES string of the molecule is COCC(=O)Nc1ccc(N2C[C@@H](C)O[C@H](C)C2)c(C(F)(F)F)c1. The molecule has 1 saturated heterocycles. The smallest absolute Gasteiger partial charge is 0.375 e. The number of hydrogen-bond acceptors (Lipinski definition) is 4. The van der Waals surface area contributed by atoms with Crippen LogP contribution in [-0.2, 0) is 20.4 Å². The summed E-state index contributed by atoms with van der Waals surface area (Å²) in [6.07, 6.45) is -4.84. The lowest BCUT2D eigenvalue weighted by molar-refractivity contribution is -0.137. The number of halogens is 3. The van der Waals surface area contributed by atoms with Crippen molar-refractivity contribution in [3.63, 3.8) is 0 Å². The van der Waals surface area contributed by atoms with Gasteiger partial charge in [-0.2, -0.15) is 13.2 Å². The number of nitrogens with zero attached hydrogens (tertiary/aromatic N) is 1. The highest BCUT2D eigenvalue weighted by Crippen LogP contribution is 2.39. The zero-order valence-electron chi connectivity index (χ0n) is 13.8. The third-order valence-corrected chi connectivity index (χ3v) is 3.62.